The Bertz CT molecular complexity index is 1320. The van der Waals surface area contributed by atoms with Crippen LogP contribution >= 0.6 is 23.2 Å². The molecule has 210 valence electrons. The highest BCUT2D eigenvalue weighted by atomic mass is 35.5. The smallest absolute Gasteiger partial charge is 0.410 e. The SMILES string of the molecule is CC(C)(C)[Si](C)(C)O[C@H]1CCCN(C(=O)OCc2ccccc2)[C@@H]1CC(=O)Cn1cnc2cc(Cl)c(Cl)cc21. The second kappa shape index (κ2) is 12.0. The quantitative estimate of drug-likeness (QED) is 0.254. The Kier molecular flexibility index (Phi) is 9.11. The molecule has 7 nitrogen and oxygen atoms in total. The van der Waals surface area contributed by atoms with E-state index in [1.165, 1.54) is 0 Å². The van der Waals surface area contributed by atoms with Gasteiger partial charge >= 0.3 is 6.09 Å². The third-order valence-corrected chi connectivity index (χ3v) is 13.1. The zero-order valence-corrected chi connectivity index (χ0v) is 25.8. The summed E-state index contributed by atoms with van der Waals surface area (Å²) < 4.78 is 14.3. The van der Waals surface area contributed by atoms with Gasteiger partial charge in [0, 0.05) is 13.0 Å². The molecule has 0 radical (unpaired) electrons. The first-order valence-corrected chi connectivity index (χ1v) is 17.0. The summed E-state index contributed by atoms with van der Waals surface area (Å²) in [7, 11) is -2.16. The molecule has 10 heteroatoms. The van der Waals surface area contributed by atoms with E-state index in [0.717, 1.165) is 23.9 Å². The second-order valence-corrected chi connectivity index (χ2v) is 17.3. The van der Waals surface area contributed by atoms with Crippen molar-refractivity contribution in [1.29, 1.82) is 0 Å². The molecule has 0 saturated carbocycles. The van der Waals surface area contributed by atoms with Crippen LogP contribution in [0.15, 0.2) is 48.8 Å². The molecule has 1 fully saturated rings. The Balaban J connectivity index is 1.55. The number of carbonyl (C=O) groups excluding carboxylic acids is 2. The number of nitrogens with zero attached hydrogens (tertiary/aromatic N) is 3. The number of ketones is 1. The number of Topliss-reactive ketones (excluding diaryl/α,β-unsaturated/α-hetero) is 1. The van der Waals surface area contributed by atoms with Crippen molar-refractivity contribution in [3.05, 3.63) is 64.4 Å². The molecule has 2 aromatic carbocycles. The number of piperidine rings is 1. The fourth-order valence-electron chi connectivity index (χ4n) is 4.65. The van der Waals surface area contributed by atoms with Gasteiger partial charge in [0.25, 0.3) is 0 Å². The summed E-state index contributed by atoms with van der Waals surface area (Å²) in [4.78, 5) is 32.9. The van der Waals surface area contributed by atoms with Gasteiger partial charge in [0.05, 0.1) is 46.1 Å². The van der Waals surface area contributed by atoms with Gasteiger partial charge in [-0.2, -0.15) is 0 Å². The van der Waals surface area contributed by atoms with Gasteiger partial charge in [-0.3, -0.25) is 4.79 Å². The number of carbonyl (C=O) groups is 2. The number of imidazole rings is 1. The number of fused-ring (bicyclic) bond motifs is 1. The molecule has 3 aromatic rings. The van der Waals surface area contributed by atoms with E-state index >= 15 is 0 Å². The molecule has 1 aliphatic rings. The van der Waals surface area contributed by atoms with Gasteiger partial charge in [-0.05, 0) is 48.7 Å². The molecule has 2 heterocycles. The van der Waals surface area contributed by atoms with Crippen LogP contribution in [0.1, 0.15) is 45.6 Å². The molecule has 1 aliphatic heterocycles. The molecule has 1 amide bonds. The number of likely N-dealkylation sites (tertiary alicyclic amines) is 1. The Morgan fingerprint density at radius 2 is 1.79 bits per heavy atom. The maximum Gasteiger partial charge on any atom is 0.410 e. The summed E-state index contributed by atoms with van der Waals surface area (Å²) in [5, 5.41) is 0.813. The van der Waals surface area contributed by atoms with E-state index in [9.17, 15) is 9.59 Å². The summed E-state index contributed by atoms with van der Waals surface area (Å²) in [6.07, 6.45) is 2.67. The number of ether oxygens (including phenoxy) is 1. The summed E-state index contributed by atoms with van der Waals surface area (Å²) >= 11 is 12.4. The molecule has 0 aliphatic carbocycles. The average molecular weight is 591 g/mol. The zero-order valence-electron chi connectivity index (χ0n) is 23.2. The molecule has 0 N–H and O–H groups in total. The minimum Gasteiger partial charge on any atom is -0.445 e. The molecular formula is C29H37Cl2N3O4Si. The van der Waals surface area contributed by atoms with Gasteiger partial charge in [0.2, 0.25) is 0 Å². The van der Waals surface area contributed by atoms with E-state index in [2.05, 4.69) is 38.8 Å². The van der Waals surface area contributed by atoms with Crippen LogP contribution in [0.2, 0.25) is 28.2 Å². The van der Waals surface area contributed by atoms with Gasteiger partial charge in [0.1, 0.15) is 6.61 Å². The minimum absolute atomic E-state index is 0.00603. The number of rotatable bonds is 8. The van der Waals surface area contributed by atoms with Crippen molar-refractivity contribution < 1.29 is 18.8 Å². The standard InChI is InChI=1S/C29H37Cl2N3O4Si/c1-29(2,3)39(4,5)38-27-12-9-13-34(28(36)37-18-20-10-7-6-8-11-20)26(27)14-21(35)17-33-19-32-24-15-22(30)23(31)16-25(24)33/h6-8,10-11,15-16,19,26-27H,9,12-14,17-18H2,1-5H3/t26-,27+/m1/s1. The van der Waals surface area contributed by atoms with Gasteiger partial charge < -0.3 is 18.6 Å². The lowest BCUT2D eigenvalue weighted by molar-refractivity contribution is -0.122. The van der Waals surface area contributed by atoms with Crippen LogP contribution < -0.4 is 0 Å². The van der Waals surface area contributed by atoms with Crippen molar-refractivity contribution in [2.75, 3.05) is 6.54 Å². The lowest BCUT2D eigenvalue weighted by Crippen LogP contribution is -2.56. The topological polar surface area (TPSA) is 73.7 Å². The van der Waals surface area contributed by atoms with Crippen LogP contribution in [-0.2, 0) is 27.1 Å². The van der Waals surface area contributed by atoms with Crippen molar-refractivity contribution in [2.24, 2.45) is 0 Å². The van der Waals surface area contributed by atoms with E-state index in [-0.39, 0.29) is 36.5 Å². The number of aromatic nitrogens is 2. The molecule has 0 bridgehead atoms. The first-order chi connectivity index (χ1) is 18.4. The molecule has 1 aromatic heterocycles. The van der Waals surface area contributed by atoms with E-state index < -0.39 is 20.5 Å². The summed E-state index contributed by atoms with van der Waals surface area (Å²) in [6, 6.07) is 12.6. The first kappa shape index (κ1) is 29.6. The third kappa shape index (κ3) is 7.04. The normalized spacial score (nSPS) is 18.4. The van der Waals surface area contributed by atoms with E-state index in [0.29, 0.717) is 22.1 Å². The average Bonchev–Trinajstić information content (AvgIpc) is 3.24. The number of hydrogen-bond acceptors (Lipinski definition) is 5. The van der Waals surface area contributed by atoms with Crippen LogP contribution in [0, 0.1) is 0 Å². The fourth-order valence-corrected chi connectivity index (χ4v) is 6.35. The van der Waals surface area contributed by atoms with Crippen molar-refractivity contribution in [3.8, 4) is 0 Å². The lowest BCUT2D eigenvalue weighted by atomic mass is 9.95. The lowest BCUT2D eigenvalue weighted by Gasteiger charge is -2.46. The fraction of sp³-hybridized carbons (Fsp3) is 0.483. The van der Waals surface area contributed by atoms with Crippen LogP contribution in [0.4, 0.5) is 4.79 Å². The monoisotopic (exact) mass is 589 g/mol. The summed E-state index contributed by atoms with van der Waals surface area (Å²) in [6.45, 7) is 11.8. The third-order valence-electron chi connectivity index (χ3n) is 7.86. The van der Waals surface area contributed by atoms with Crippen LogP contribution in [0.3, 0.4) is 0 Å². The van der Waals surface area contributed by atoms with Crippen LogP contribution in [0.25, 0.3) is 11.0 Å². The Morgan fingerprint density at radius 3 is 2.49 bits per heavy atom. The Hall–Kier alpha value is -2.39. The Morgan fingerprint density at radius 1 is 1.10 bits per heavy atom. The molecule has 39 heavy (non-hydrogen) atoms. The second-order valence-electron chi connectivity index (χ2n) is 11.7. The molecule has 0 unspecified atom stereocenters. The van der Waals surface area contributed by atoms with Gasteiger partial charge in [-0.15, -0.1) is 0 Å². The van der Waals surface area contributed by atoms with Gasteiger partial charge in [-0.25, -0.2) is 9.78 Å². The van der Waals surface area contributed by atoms with Gasteiger partial charge in [-0.1, -0.05) is 74.3 Å². The highest BCUT2D eigenvalue weighted by molar-refractivity contribution is 6.74. The maximum absolute atomic E-state index is 13.5. The molecular weight excluding hydrogens is 553 g/mol. The van der Waals surface area contributed by atoms with Crippen molar-refractivity contribution in [1.82, 2.24) is 14.5 Å². The summed E-state index contributed by atoms with van der Waals surface area (Å²) in [5.41, 5.74) is 2.31. The zero-order chi connectivity index (χ0) is 28.4. The van der Waals surface area contributed by atoms with Crippen molar-refractivity contribution in [2.45, 2.75) is 83.5 Å². The highest BCUT2D eigenvalue weighted by Crippen LogP contribution is 2.39. The first-order valence-electron chi connectivity index (χ1n) is 13.3. The molecule has 0 spiro atoms. The predicted molar refractivity (Wildman–Crippen MR) is 158 cm³/mol. The predicted octanol–water partition coefficient (Wildman–Crippen LogP) is 7.49. The number of hydrogen-bond donors (Lipinski definition) is 0. The van der Waals surface area contributed by atoms with Crippen LogP contribution in [-0.4, -0.2) is 53.3 Å². The minimum atomic E-state index is -2.16. The number of amides is 1. The summed E-state index contributed by atoms with van der Waals surface area (Å²) in [5.74, 6) is -0.0306. The largest absolute Gasteiger partial charge is 0.445 e. The van der Waals surface area contributed by atoms with E-state index in [1.807, 2.05) is 30.3 Å². The maximum atomic E-state index is 13.5. The van der Waals surface area contributed by atoms with Crippen molar-refractivity contribution >= 4 is 54.4 Å². The van der Waals surface area contributed by atoms with E-state index in [4.69, 9.17) is 32.4 Å². The molecule has 2 atom stereocenters. The van der Waals surface area contributed by atoms with Crippen LogP contribution in [0.5, 0.6) is 0 Å². The van der Waals surface area contributed by atoms with E-state index in [1.54, 1.807) is 27.9 Å². The number of halogens is 2. The van der Waals surface area contributed by atoms with Crippen molar-refractivity contribution in [3.63, 3.8) is 0 Å². The van der Waals surface area contributed by atoms with Gasteiger partial charge in [0.15, 0.2) is 14.1 Å². The molecule has 1 saturated heterocycles. The number of benzene rings is 2. The highest BCUT2D eigenvalue weighted by Gasteiger charge is 2.44. The Labute approximate surface area is 241 Å². The molecule has 4 rings (SSSR count).